The molecule has 1 heterocycles. The van der Waals surface area contributed by atoms with E-state index in [4.69, 9.17) is 4.74 Å². The fourth-order valence-electron chi connectivity index (χ4n) is 2.78. The zero-order chi connectivity index (χ0) is 19.4. The van der Waals surface area contributed by atoms with Crippen molar-refractivity contribution in [2.24, 2.45) is 0 Å². The topological polar surface area (TPSA) is 55.3 Å². The zero-order valence-electron chi connectivity index (χ0n) is 15.4. The quantitative estimate of drug-likeness (QED) is 0.569. The van der Waals surface area contributed by atoms with E-state index in [2.05, 4.69) is 25.9 Å². The lowest BCUT2D eigenvalue weighted by Crippen LogP contribution is -2.25. The molecule has 0 aliphatic rings. The summed E-state index contributed by atoms with van der Waals surface area (Å²) in [6.07, 6.45) is 3.27. The molecule has 1 amide bonds. The van der Waals surface area contributed by atoms with E-state index in [0.29, 0.717) is 18.1 Å². The molecule has 0 unspecified atom stereocenters. The van der Waals surface area contributed by atoms with Gasteiger partial charge in [0.1, 0.15) is 11.6 Å². The second-order valence-corrected chi connectivity index (χ2v) is 7.07. The lowest BCUT2D eigenvalue weighted by Gasteiger charge is -2.15. The second kappa shape index (κ2) is 8.31. The number of hydrogen-bond donors (Lipinski definition) is 0. The van der Waals surface area contributed by atoms with Crippen molar-refractivity contribution in [3.8, 4) is 5.75 Å². The normalized spacial score (nSPS) is 11.1. The minimum absolute atomic E-state index is 0.133. The minimum Gasteiger partial charge on any atom is -0.496 e. The SMILES string of the molecule is COc1ccc(Br)cc1/C=C/C(=O)N(C)Cc1nc(C)c2ccccc2n1. The molecule has 27 heavy (non-hydrogen) atoms. The van der Waals surface area contributed by atoms with Gasteiger partial charge in [0.25, 0.3) is 0 Å². The summed E-state index contributed by atoms with van der Waals surface area (Å²) in [5.74, 6) is 1.19. The van der Waals surface area contributed by atoms with Gasteiger partial charge in [-0.15, -0.1) is 0 Å². The monoisotopic (exact) mass is 425 g/mol. The van der Waals surface area contributed by atoms with Gasteiger partial charge in [0.05, 0.1) is 19.2 Å². The molecule has 1 aromatic heterocycles. The number of aryl methyl sites for hydroxylation is 1. The molecule has 0 saturated carbocycles. The second-order valence-electron chi connectivity index (χ2n) is 6.16. The summed E-state index contributed by atoms with van der Waals surface area (Å²) >= 11 is 3.43. The van der Waals surface area contributed by atoms with Crippen molar-refractivity contribution in [1.29, 1.82) is 0 Å². The Bertz CT molecular complexity index is 1020. The average Bonchev–Trinajstić information content (AvgIpc) is 2.66. The van der Waals surface area contributed by atoms with Crippen LogP contribution < -0.4 is 4.74 Å². The number of nitrogens with zero attached hydrogens (tertiary/aromatic N) is 3. The molecule has 138 valence electrons. The Labute approximate surface area is 166 Å². The highest BCUT2D eigenvalue weighted by Crippen LogP contribution is 2.24. The fourth-order valence-corrected chi connectivity index (χ4v) is 3.16. The maximum absolute atomic E-state index is 12.5. The summed E-state index contributed by atoms with van der Waals surface area (Å²) < 4.78 is 6.25. The van der Waals surface area contributed by atoms with Crippen LogP contribution in [-0.2, 0) is 11.3 Å². The molecular weight excluding hydrogens is 406 g/mol. The van der Waals surface area contributed by atoms with Crippen LogP contribution in [-0.4, -0.2) is 34.9 Å². The van der Waals surface area contributed by atoms with Gasteiger partial charge >= 0.3 is 0 Å². The summed E-state index contributed by atoms with van der Waals surface area (Å²) in [5, 5.41) is 1.02. The number of carbonyl (C=O) groups excluding carboxylic acids is 1. The van der Waals surface area contributed by atoms with Crippen molar-refractivity contribution in [3.05, 3.63) is 70.1 Å². The number of amides is 1. The Morgan fingerprint density at radius 3 is 2.78 bits per heavy atom. The van der Waals surface area contributed by atoms with Crippen molar-refractivity contribution in [3.63, 3.8) is 0 Å². The number of halogens is 1. The van der Waals surface area contributed by atoms with Gasteiger partial charge in [0.15, 0.2) is 0 Å². The molecule has 0 aliphatic carbocycles. The molecule has 0 aliphatic heterocycles. The molecule has 3 aromatic rings. The van der Waals surface area contributed by atoms with Gasteiger partial charge in [-0.05, 0) is 37.3 Å². The van der Waals surface area contributed by atoms with Gasteiger partial charge in [0.2, 0.25) is 5.91 Å². The van der Waals surface area contributed by atoms with Gasteiger partial charge in [0, 0.05) is 34.2 Å². The number of para-hydroxylation sites is 1. The van der Waals surface area contributed by atoms with E-state index in [1.54, 1.807) is 25.1 Å². The van der Waals surface area contributed by atoms with Crippen molar-refractivity contribution < 1.29 is 9.53 Å². The summed E-state index contributed by atoms with van der Waals surface area (Å²) in [6.45, 7) is 2.29. The van der Waals surface area contributed by atoms with E-state index in [-0.39, 0.29) is 5.91 Å². The number of aromatic nitrogens is 2. The van der Waals surface area contributed by atoms with Crippen molar-refractivity contribution >= 4 is 38.8 Å². The number of likely N-dealkylation sites (N-methyl/N-ethyl adjacent to an activating group) is 1. The number of fused-ring (bicyclic) bond motifs is 1. The first-order valence-corrected chi connectivity index (χ1v) is 9.26. The molecule has 0 saturated heterocycles. The number of methoxy groups -OCH3 is 1. The van der Waals surface area contributed by atoms with E-state index in [9.17, 15) is 4.79 Å². The van der Waals surface area contributed by atoms with Crippen LogP contribution >= 0.6 is 15.9 Å². The number of carbonyl (C=O) groups is 1. The number of rotatable bonds is 5. The Morgan fingerprint density at radius 2 is 2.00 bits per heavy atom. The van der Waals surface area contributed by atoms with Crippen molar-refractivity contribution in [1.82, 2.24) is 14.9 Å². The van der Waals surface area contributed by atoms with E-state index in [1.807, 2.05) is 49.4 Å². The lowest BCUT2D eigenvalue weighted by atomic mass is 10.2. The number of ether oxygens (including phenoxy) is 1. The Morgan fingerprint density at radius 1 is 1.22 bits per heavy atom. The van der Waals surface area contributed by atoms with Crippen LogP contribution in [0.1, 0.15) is 17.1 Å². The van der Waals surface area contributed by atoms with E-state index >= 15 is 0 Å². The maximum Gasteiger partial charge on any atom is 0.246 e. The first-order valence-electron chi connectivity index (χ1n) is 8.47. The van der Waals surface area contributed by atoms with Crippen LogP contribution in [0, 0.1) is 6.92 Å². The Kier molecular flexibility index (Phi) is 5.86. The lowest BCUT2D eigenvalue weighted by molar-refractivity contribution is -0.125. The van der Waals surface area contributed by atoms with Crippen LogP contribution in [0.15, 0.2) is 53.0 Å². The third-order valence-electron chi connectivity index (χ3n) is 4.19. The Hall–Kier alpha value is -2.73. The first-order chi connectivity index (χ1) is 13.0. The highest BCUT2D eigenvalue weighted by atomic mass is 79.9. The highest BCUT2D eigenvalue weighted by Gasteiger charge is 2.10. The third-order valence-corrected chi connectivity index (χ3v) is 4.69. The summed E-state index contributed by atoms with van der Waals surface area (Å²) in [6, 6.07) is 13.5. The minimum atomic E-state index is -0.133. The third kappa shape index (κ3) is 4.52. The molecule has 0 radical (unpaired) electrons. The van der Waals surface area contributed by atoms with Gasteiger partial charge in [-0.1, -0.05) is 34.1 Å². The predicted molar refractivity (Wildman–Crippen MR) is 110 cm³/mol. The maximum atomic E-state index is 12.5. The van der Waals surface area contributed by atoms with Gasteiger partial charge in [-0.2, -0.15) is 0 Å². The summed E-state index contributed by atoms with van der Waals surface area (Å²) in [4.78, 5) is 23.2. The largest absolute Gasteiger partial charge is 0.496 e. The van der Waals surface area contributed by atoms with Gasteiger partial charge < -0.3 is 9.64 Å². The van der Waals surface area contributed by atoms with Crippen LogP contribution in [0.2, 0.25) is 0 Å². The number of benzene rings is 2. The molecule has 0 atom stereocenters. The smallest absolute Gasteiger partial charge is 0.246 e. The molecule has 0 spiro atoms. The van der Waals surface area contributed by atoms with Crippen LogP contribution in [0.3, 0.4) is 0 Å². The number of hydrogen-bond acceptors (Lipinski definition) is 4. The Balaban J connectivity index is 1.75. The van der Waals surface area contributed by atoms with E-state index in [1.165, 1.54) is 6.08 Å². The first kappa shape index (κ1) is 19.0. The van der Waals surface area contributed by atoms with Gasteiger partial charge in [-0.25, -0.2) is 9.97 Å². The van der Waals surface area contributed by atoms with Crippen LogP contribution in [0.5, 0.6) is 5.75 Å². The molecule has 0 N–H and O–H groups in total. The van der Waals surface area contributed by atoms with Crippen LogP contribution in [0.25, 0.3) is 17.0 Å². The van der Waals surface area contributed by atoms with Crippen molar-refractivity contribution in [2.75, 3.05) is 14.2 Å². The highest BCUT2D eigenvalue weighted by molar-refractivity contribution is 9.10. The molecule has 5 nitrogen and oxygen atoms in total. The van der Waals surface area contributed by atoms with E-state index < -0.39 is 0 Å². The average molecular weight is 426 g/mol. The standard InChI is InChI=1S/C21H20BrN3O2/c1-14-17-6-4-5-7-18(17)24-20(23-14)13-25(2)21(26)11-8-15-12-16(22)9-10-19(15)27-3/h4-12H,13H2,1-3H3/b11-8+. The van der Waals surface area contributed by atoms with E-state index in [0.717, 1.165) is 26.6 Å². The zero-order valence-corrected chi connectivity index (χ0v) is 17.0. The van der Waals surface area contributed by atoms with Gasteiger partial charge in [-0.3, -0.25) is 4.79 Å². The van der Waals surface area contributed by atoms with Crippen molar-refractivity contribution in [2.45, 2.75) is 13.5 Å². The summed E-state index contributed by atoms with van der Waals surface area (Å²) in [7, 11) is 3.34. The predicted octanol–water partition coefficient (Wildman–Crippen LogP) is 4.38. The molecular formula is C21H20BrN3O2. The molecule has 0 bridgehead atoms. The molecule has 3 rings (SSSR count). The van der Waals surface area contributed by atoms with Crippen LogP contribution in [0.4, 0.5) is 0 Å². The molecule has 0 fully saturated rings. The molecule has 2 aromatic carbocycles. The molecule has 6 heteroatoms. The summed E-state index contributed by atoms with van der Waals surface area (Å²) in [5.41, 5.74) is 2.62. The fraction of sp³-hybridized carbons (Fsp3) is 0.190.